The molecule has 0 amide bonds. The van der Waals surface area contributed by atoms with Gasteiger partial charge in [0.2, 0.25) is 0 Å². The quantitative estimate of drug-likeness (QED) is 0.743. The molecule has 1 atom stereocenters. The van der Waals surface area contributed by atoms with Crippen molar-refractivity contribution in [1.29, 1.82) is 0 Å². The molecule has 0 aliphatic carbocycles. The summed E-state index contributed by atoms with van der Waals surface area (Å²) in [6.45, 7) is 4.83. The number of benzene rings is 1. The predicted octanol–water partition coefficient (Wildman–Crippen LogP) is 1.94. The van der Waals surface area contributed by atoms with Crippen molar-refractivity contribution in [3.8, 4) is 5.75 Å². The number of likely N-dealkylation sites (N-methyl/N-ethyl adjacent to an activating group) is 2. The molecule has 1 aromatic carbocycles. The smallest absolute Gasteiger partial charge is 0.119 e. The molecule has 1 aliphatic heterocycles. The van der Waals surface area contributed by atoms with Crippen molar-refractivity contribution in [2.45, 2.75) is 31.8 Å². The summed E-state index contributed by atoms with van der Waals surface area (Å²) >= 11 is 0. The standard InChI is InChI=1S/C17H29N3O/c1-19(14-16-7-4-10-20(16)2)9-5-11-21-17-8-3-6-15(12-17)13-18/h3,6,8,12,16H,4-5,7,9-11,13-14,18H2,1-2H3. The van der Waals surface area contributed by atoms with Gasteiger partial charge in [0.05, 0.1) is 6.61 Å². The molecule has 0 saturated carbocycles. The van der Waals surface area contributed by atoms with Crippen LogP contribution in [0.2, 0.25) is 0 Å². The Kier molecular flexibility index (Phi) is 6.49. The van der Waals surface area contributed by atoms with Crippen molar-refractivity contribution in [2.75, 3.05) is 40.3 Å². The third-order valence-corrected chi connectivity index (χ3v) is 4.28. The maximum atomic E-state index is 5.80. The minimum absolute atomic E-state index is 0.564. The van der Waals surface area contributed by atoms with Gasteiger partial charge in [-0.1, -0.05) is 12.1 Å². The highest BCUT2D eigenvalue weighted by Gasteiger charge is 2.21. The lowest BCUT2D eigenvalue weighted by Crippen LogP contribution is -2.37. The largest absolute Gasteiger partial charge is 0.494 e. The van der Waals surface area contributed by atoms with Gasteiger partial charge in [-0.3, -0.25) is 0 Å². The van der Waals surface area contributed by atoms with E-state index in [9.17, 15) is 0 Å². The zero-order valence-corrected chi connectivity index (χ0v) is 13.4. The fourth-order valence-electron chi connectivity index (χ4n) is 2.95. The molecule has 4 nitrogen and oxygen atoms in total. The van der Waals surface area contributed by atoms with Crippen LogP contribution in [0.4, 0.5) is 0 Å². The first-order valence-corrected chi connectivity index (χ1v) is 7.99. The molecule has 2 rings (SSSR count). The predicted molar refractivity (Wildman–Crippen MR) is 87.6 cm³/mol. The summed E-state index contributed by atoms with van der Waals surface area (Å²) in [5, 5.41) is 0. The molecule has 4 heteroatoms. The van der Waals surface area contributed by atoms with Gasteiger partial charge in [0.1, 0.15) is 5.75 Å². The van der Waals surface area contributed by atoms with Crippen LogP contribution in [0.25, 0.3) is 0 Å². The minimum atomic E-state index is 0.564. The monoisotopic (exact) mass is 291 g/mol. The average Bonchev–Trinajstić information content (AvgIpc) is 2.89. The van der Waals surface area contributed by atoms with Crippen LogP contribution in [0.15, 0.2) is 24.3 Å². The number of likely N-dealkylation sites (tertiary alicyclic amines) is 1. The maximum absolute atomic E-state index is 5.80. The summed E-state index contributed by atoms with van der Waals surface area (Å²) in [6, 6.07) is 8.78. The van der Waals surface area contributed by atoms with E-state index in [1.807, 2.05) is 24.3 Å². The van der Waals surface area contributed by atoms with Gasteiger partial charge in [-0.05, 0) is 57.6 Å². The lowest BCUT2D eigenvalue weighted by molar-refractivity contribution is 0.205. The second kappa shape index (κ2) is 8.37. The summed E-state index contributed by atoms with van der Waals surface area (Å²) in [5.74, 6) is 0.927. The van der Waals surface area contributed by atoms with E-state index in [0.717, 1.165) is 36.9 Å². The van der Waals surface area contributed by atoms with Crippen LogP contribution in [0.3, 0.4) is 0 Å². The number of ether oxygens (including phenoxy) is 1. The van der Waals surface area contributed by atoms with Gasteiger partial charge in [0.15, 0.2) is 0 Å². The zero-order valence-electron chi connectivity index (χ0n) is 13.4. The van der Waals surface area contributed by atoms with Crippen LogP contribution in [0.1, 0.15) is 24.8 Å². The Hall–Kier alpha value is -1.10. The van der Waals surface area contributed by atoms with Gasteiger partial charge >= 0.3 is 0 Å². The Morgan fingerprint density at radius 3 is 3.00 bits per heavy atom. The molecular formula is C17H29N3O. The highest BCUT2D eigenvalue weighted by molar-refractivity contribution is 5.28. The number of nitrogens with zero attached hydrogens (tertiary/aromatic N) is 2. The van der Waals surface area contributed by atoms with Gasteiger partial charge in [0.25, 0.3) is 0 Å². The molecule has 118 valence electrons. The van der Waals surface area contributed by atoms with E-state index in [2.05, 4.69) is 23.9 Å². The van der Waals surface area contributed by atoms with Crippen molar-refractivity contribution in [3.05, 3.63) is 29.8 Å². The van der Waals surface area contributed by atoms with Crippen molar-refractivity contribution in [2.24, 2.45) is 5.73 Å². The van der Waals surface area contributed by atoms with Crippen LogP contribution in [0.5, 0.6) is 5.75 Å². The normalized spacial score (nSPS) is 19.3. The molecule has 21 heavy (non-hydrogen) atoms. The summed E-state index contributed by atoms with van der Waals surface area (Å²) in [6.07, 6.45) is 3.73. The second-order valence-electron chi connectivity index (χ2n) is 6.09. The molecule has 1 unspecified atom stereocenters. The van der Waals surface area contributed by atoms with Crippen molar-refractivity contribution >= 4 is 0 Å². The molecular weight excluding hydrogens is 262 g/mol. The maximum Gasteiger partial charge on any atom is 0.119 e. The molecule has 1 aliphatic rings. The second-order valence-corrected chi connectivity index (χ2v) is 6.09. The Labute approximate surface area is 128 Å². The number of hydrogen-bond donors (Lipinski definition) is 1. The van der Waals surface area contributed by atoms with Gasteiger partial charge in [-0.2, -0.15) is 0 Å². The van der Waals surface area contributed by atoms with E-state index in [1.165, 1.54) is 25.9 Å². The summed E-state index contributed by atoms with van der Waals surface area (Å²) in [5.41, 5.74) is 6.76. The fraction of sp³-hybridized carbons (Fsp3) is 0.647. The van der Waals surface area contributed by atoms with Crippen molar-refractivity contribution < 1.29 is 4.74 Å². The highest BCUT2D eigenvalue weighted by Crippen LogP contribution is 2.16. The summed E-state index contributed by atoms with van der Waals surface area (Å²) in [7, 11) is 4.44. The first kappa shape index (κ1) is 16.3. The Balaban J connectivity index is 1.62. The van der Waals surface area contributed by atoms with Gasteiger partial charge in [-0.25, -0.2) is 0 Å². The molecule has 1 heterocycles. The fourth-order valence-corrected chi connectivity index (χ4v) is 2.95. The molecule has 1 saturated heterocycles. The van der Waals surface area contributed by atoms with E-state index in [4.69, 9.17) is 10.5 Å². The van der Waals surface area contributed by atoms with Crippen molar-refractivity contribution in [1.82, 2.24) is 9.80 Å². The first-order valence-electron chi connectivity index (χ1n) is 7.99. The third-order valence-electron chi connectivity index (χ3n) is 4.28. The lowest BCUT2D eigenvalue weighted by atomic mass is 10.2. The van der Waals surface area contributed by atoms with E-state index in [1.54, 1.807) is 0 Å². The topological polar surface area (TPSA) is 41.7 Å². The Morgan fingerprint density at radius 1 is 1.43 bits per heavy atom. The molecule has 0 bridgehead atoms. The van der Waals surface area contributed by atoms with Gasteiger partial charge in [0, 0.05) is 25.7 Å². The van der Waals surface area contributed by atoms with Crippen molar-refractivity contribution in [3.63, 3.8) is 0 Å². The third kappa shape index (κ3) is 5.30. The Bertz CT molecular complexity index is 424. The van der Waals surface area contributed by atoms with Crippen LogP contribution in [-0.2, 0) is 6.54 Å². The number of nitrogens with two attached hydrogens (primary N) is 1. The SMILES string of the molecule is CN(CCCOc1cccc(CN)c1)CC1CCCN1C. The van der Waals surface area contributed by atoms with E-state index in [-0.39, 0.29) is 0 Å². The summed E-state index contributed by atoms with van der Waals surface area (Å²) < 4.78 is 5.80. The number of rotatable bonds is 8. The van der Waals surface area contributed by atoms with Crippen LogP contribution in [0, 0.1) is 0 Å². The van der Waals surface area contributed by atoms with E-state index in [0.29, 0.717) is 6.54 Å². The lowest BCUT2D eigenvalue weighted by Gasteiger charge is -2.25. The highest BCUT2D eigenvalue weighted by atomic mass is 16.5. The first-order chi connectivity index (χ1) is 10.2. The summed E-state index contributed by atoms with van der Waals surface area (Å²) in [4.78, 5) is 4.90. The van der Waals surface area contributed by atoms with Crippen LogP contribution >= 0.6 is 0 Å². The number of hydrogen-bond acceptors (Lipinski definition) is 4. The molecule has 0 radical (unpaired) electrons. The molecule has 1 aromatic rings. The van der Waals surface area contributed by atoms with Gasteiger partial charge in [-0.15, -0.1) is 0 Å². The average molecular weight is 291 g/mol. The van der Waals surface area contributed by atoms with Crippen LogP contribution < -0.4 is 10.5 Å². The molecule has 0 aromatic heterocycles. The molecule has 2 N–H and O–H groups in total. The Morgan fingerprint density at radius 2 is 2.29 bits per heavy atom. The van der Waals surface area contributed by atoms with Gasteiger partial charge < -0.3 is 20.3 Å². The van der Waals surface area contributed by atoms with E-state index < -0.39 is 0 Å². The molecule has 1 fully saturated rings. The van der Waals surface area contributed by atoms with E-state index >= 15 is 0 Å². The molecule has 0 spiro atoms. The minimum Gasteiger partial charge on any atom is -0.494 e. The van der Waals surface area contributed by atoms with Crippen LogP contribution in [-0.4, -0.2) is 56.2 Å². The zero-order chi connectivity index (χ0) is 15.1.